The van der Waals surface area contributed by atoms with E-state index in [4.69, 9.17) is 10.5 Å². The molecular weight excluding hydrogens is 345 g/mol. The second-order valence-corrected chi connectivity index (χ2v) is 6.35. The molecule has 1 heterocycles. The van der Waals surface area contributed by atoms with Crippen molar-refractivity contribution in [2.75, 3.05) is 33.3 Å². The Balaban J connectivity index is 0.000000194. The van der Waals surface area contributed by atoms with Gasteiger partial charge in [-0.05, 0) is 73.8 Å². The van der Waals surface area contributed by atoms with Crippen LogP contribution in [0.25, 0.3) is 0 Å². The molecule has 0 radical (unpaired) electrons. The monoisotopic (exact) mass is 373 g/mol. The molecule has 4 N–H and O–H groups in total. The molecule has 2 aromatic carbocycles. The molecule has 0 saturated carbocycles. The lowest BCUT2D eigenvalue weighted by Crippen LogP contribution is -2.28. The molecule has 5 nitrogen and oxygen atoms in total. The van der Waals surface area contributed by atoms with Crippen molar-refractivity contribution in [3.8, 4) is 5.75 Å². The molecule has 1 aliphatic heterocycles. The number of nitrogens with one attached hydrogen (secondary N) is 2. The number of nitrogens with two attached hydrogens (primary N) is 1. The Morgan fingerprint density at radius 2 is 1.78 bits per heavy atom. The molecule has 6 heteroatoms. The number of amides is 1. The van der Waals surface area contributed by atoms with Crippen LogP contribution in [0.4, 0.5) is 4.39 Å². The van der Waals surface area contributed by atoms with Crippen molar-refractivity contribution >= 4 is 5.91 Å². The summed E-state index contributed by atoms with van der Waals surface area (Å²) >= 11 is 0. The first-order chi connectivity index (χ1) is 13.1. The number of carbonyl (C=O) groups is 1. The summed E-state index contributed by atoms with van der Waals surface area (Å²) in [5.74, 6) is 1.11. The highest BCUT2D eigenvalue weighted by molar-refractivity contribution is 5.94. The van der Waals surface area contributed by atoms with Crippen LogP contribution in [0.15, 0.2) is 48.5 Å². The summed E-state index contributed by atoms with van der Waals surface area (Å²) < 4.78 is 17.6. The van der Waals surface area contributed by atoms with Crippen LogP contribution in [-0.4, -0.2) is 39.2 Å². The molecule has 1 fully saturated rings. The summed E-state index contributed by atoms with van der Waals surface area (Å²) in [5.41, 5.74) is 7.16. The number of hydrogen-bond acceptors (Lipinski definition) is 4. The van der Waals surface area contributed by atoms with Crippen LogP contribution >= 0.6 is 0 Å². The SMILES string of the molecule is COc1ccc(C(=O)NCCN)cc1.Fc1ccc(C2CCNCC2)cc1. The Labute approximate surface area is 160 Å². The number of methoxy groups -OCH3 is 1. The quantitative estimate of drug-likeness (QED) is 0.753. The largest absolute Gasteiger partial charge is 0.497 e. The average Bonchev–Trinajstić information content (AvgIpc) is 2.73. The average molecular weight is 373 g/mol. The minimum atomic E-state index is -0.141. The first-order valence-electron chi connectivity index (χ1n) is 9.22. The minimum Gasteiger partial charge on any atom is -0.497 e. The van der Waals surface area contributed by atoms with Crippen molar-refractivity contribution in [1.29, 1.82) is 0 Å². The third kappa shape index (κ3) is 7.00. The van der Waals surface area contributed by atoms with Gasteiger partial charge in [-0.25, -0.2) is 4.39 Å². The summed E-state index contributed by atoms with van der Waals surface area (Å²) in [4.78, 5) is 11.4. The van der Waals surface area contributed by atoms with E-state index in [0.29, 0.717) is 24.6 Å². The van der Waals surface area contributed by atoms with Crippen molar-refractivity contribution in [1.82, 2.24) is 10.6 Å². The summed E-state index contributed by atoms with van der Waals surface area (Å²) in [6.45, 7) is 3.11. The predicted octanol–water partition coefficient (Wildman–Crippen LogP) is 2.68. The Morgan fingerprint density at radius 3 is 2.33 bits per heavy atom. The van der Waals surface area contributed by atoms with Crippen LogP contribution in [0, 0.1) is 5.82 Å². The highest BCUT2D eigenvalue weighted by Crippen LogP contribution is 2.24. The van der Waals surface area contributed by atoms with Crippen molar-refractivity contribution in [3.63, 3.8) is 0 Å². The summed E-state index contributed by atoms with van der Waals surface area (Å²) in [6, 6.07) is 13.8. The summed E-state index contributed by atoms with van der Waals surface area (Å²) in [5, 5.41) is 6.00. The maximum atomic E-state index is 12.6. The van der Waals surface area contributed by atoms with Gasteiger partial charge >= 0.3 is 0 Å². The van der Waals surface area contributed by atoms with E-state index in [1.54, 1.807) is 43.5 Å². The molecule has 0 spiro atoms. The van der Waals surface area contributed by atoms with Crippen molar-refractivity contribution in [2.24, 2.45) is 5.73 Å². The molecule has 0 aromatic heterocycles. The van der Waals surface area contributed by atoms with Crippen LogP contribution in [0.2, 0.25) is 0 Å². The number of piperidine rings is 1. The minimum absolute atomic E-state index is 0.113. The first kappa shape index (κ1) is 20.9. The maximum absolute atomic E-state index is 12.6. The van der Waals surface area contributed by atoms with Crippen molar-refractivity contribution in [3.05, 3.63) is 65.5 Å². The number of rotatable bonds is 5. The normalized spacial score (nSPS) is 14.0. The van der Waals surface area contributed by atoms with E-state index in [-0.39, 0.29) is 11.7 Å². The van der Waals surface area contributed by atoms with E-state index >= 15 is 0 Å². The molecule has 3 rings (SSSR count). The van der Waals surface area contributed by atoms with Gasteiger partial charge in [0.05, 0.1) is 7.11 Å². The standard InChI is InChI=1S/C11H14FN.C10H14N2O2/c12-11-3-1-9(2-4-11)10-5-7-13-8-6-10;1-14-9-4-2-8(3-5-9)10(13)12-7-6-11/h1-4,10,13H,5-8H2;2-5H,6-7,11H2,1H3,(H,12,13). The van der Waals surface area contributed by atoms with Gasteiger partial charge in [-0.1, -0.05) is 12.1 Å². The summed E-state index contributed by atoms with van der Waals surface area (Å²) in [6.07, 6.45) is 2.34. The predicted molar refractivity (Wildman–Crippen MR) is 106 cm³/mol. The lowest BCUT2D eigenvalue weighted by molar-refractivity contribution is 0.0954. The zero-order valence-electron chi connectivity index (χ0n) is 15.7. The van der Waals surface area contributed by atoms with Crippen LogP contribution < -0.4 is 21.1 Å². The molecule has 0 bridgehead atoms. The molecule has 27 heavy (non-hydrogen) atoms. The lowest BCUT2D eigenvalue weighted by atomic mass is 9.90. The number of ether oxygens (including phenoxy) is 1. The van der Waals surface area contributed by atoms with Crippen LogP contribution in [-0.2, 0) is 0 Å². The zero-order chi connectivity index (χ0) is 19.5. The molecule has 0 unspecified atom stereocenters. The third-order valence-corrected chi connectivity index (χ3v) is 4.46. The molecule has 2 aromatic rings. The van der Waals surface area contributed by atoms with Crippen LogP contribution in [0.1, 0.15) is 34.7 Å². The molecule has 1 aliphatic rings. The van der Waals surface area contributed by atoms with E-state index in [2.05, 4.69) is 10.6 Å². The maximum Gasteiger partial charge on any atom is 0.251 e. The molecule has 0 aliphatic carbocycles. The first-order valence-corrected chi connectivity index (χ1v) is 9.22. The second kappa shape index (κ2) is 11.3. The molecule has 1 amide bonds. The van der Waals surface area contributed by atoms with Crippen molar-refractivity contribution < 1.29 is 13.9 Å². The molecule has 146 valence electrons. The Bertz CT molecular complexity index is 684. The van der Waals surface area contributed by atoms with E-state index < -0.39 is 0 Å². The fourth-order valence-corrected chi connectivity index (χ4v) is 2.92. The number of hydrogen-bond donors (Lipinski definition) is 3. The highest BCUT2D eigenvalue weighted by atomic mass is 19.1. The fraction of sp³-hybridized carbons (Fsp3) is 0.381. The smallest absolute Gasteiger partial charge is 0.251 e. The van der Waals surface area contributed by atoms with Gasteiger partial charge in [0.15, 0.2) is 0 Å². The van der Waals surface area contributed by atoms with E-state index in [1.165, 1.54) is 18.4 Å². The summed E-state index contributed by atoms with van der Waals surface area (Å²) in [7, 11) is 1.59. The Kier molecular flexibility index (Phi) is 8.74. The van der Waals surface area contributed by atoms with E-state index in [9.17, 15) is 9.18 Å². The van der Waals surface area contributed by atoms with Gasteiger partial charge < -0.3 is 21.1 Å². The van der Waals surface area contributed by atoms with Crippen LogP contribution in [0.3, 0.4) is 0 Å². The van der Waals surface area contributed by atoms with Gasteiger partial charge in [0.25, 0.3) is 5.91 Å². The van der Waals surface area contributed by atoms with E-state index in [1.807, 2.05) is 12.1 Å². The lowest BCUT2D eigenvalue weighted by Gasteiger charge is -2.22. The molecule has 1 saturated heterocycles. The van der Waals surface area contributed by atoms with Gasteiger partial charge in [-0.3, -0.25) is 4.79 Å². The second-order valence-electron chi connectivity index (χ2n) is 6.35. The number of benzene rings is 2. The van der Waals surface area contributed by atoms with Gasteiger partial charge in [0, 0.05) is 18.7 Å². The number of carbonyl (C=O) groups excluding carboxylic acids is 1. The fourth-order valence-electron chi connectivity index (χ4n) is 2.92. The molecule has 0 atom stereocenters. The van der Waals surface area contributed by atoms with Gasteiger partial charge in [0.1, 0.15) is 11.6 Å². The number of halogens is 1. The Hall–Kier alpha value is -2.44. The highest BCUT2D eigenvalue weighted by Gasteiger charge is 2.14. The van der Waals surface area contributed by atoms with Crippen LogP contribution in [0.5, 0.6) is 5.75 Å². The third-order valence-electron chi connectivity index (χ3n) is 4.46. The molecular formula is C21H28FN3O2. The van der Waals surface area contributed by atoms with E-state index in [0.717, 1.165) is 18.8 Å². The van der Waals surface area contributed by atoms with Crippen molar-refractivity contribution in [2.45, 2.75) is 18.8 Å². The zero-order valence-corrected chi connectivity index (χ0v) is 15.7. The Morgan fingerprint density at radius 1 is 1.15 bits per heavy atom. The van der Waals surface area contributed by atoms with Gasteiger partial charge in [-0.2, -0.15) is 0 Å². The van der Waals surface area contributed by atoms with Gasteiger partial charge in [-0.15, -0.1) is 0 Å². The van der Waals surface area contributed by atoms with Gasteiger partial charge in [0.2, 0.25) is 0 Å². The topological polar surface area (TPSA) is 76.4 Å².